The van der Waals surface area contributed by atoms with Gasteiger partial charge in [-0.25, -0.2) is 4.39 Å². The summed E-state index contributed by atoms with van der Waals surface area (Å²) in [4.78, 5) is 0. The van der Waals surface area contributed by atoms with Crippen LogP contribution in [0.1, 0.15) is 13.8 Å². The first kappa shape index (κ1) is 9.39. The molecule has 3 aliphatic heterocycles. The highest BCUT2D eigenvalue weighted by atomic mass is 32.2. The van der Waals surface area contributed by atoms with E-state index in [0.717, 1.165) is 5.75 Å². The normalized spacial score (nSPS) is 54.6. The third kappa shape index (κ3) is 1.38. The van der Waals surface area contributed by atoms with Crippen molar-refractivity contribution in [3.8, 4) is 0 Å². The third-order valence-corrected chi connectivity index (χ3v) is 3.72. The Balaban J connectivity index is 1.74. The SMILES string of the molecule is CC1(C)O[C@H]2O[C@H]([C@H]3CS3)[C@H](F)[C@H]2O1. The van der Waals surface area contributed by atoms with E-state index in [2.05, 4.69) is 0 Å². The van der Waals surface area contributed by atoms with E-state index in [1.54, 1.807) is 25.6 Å². The van der Waals surface area contributed by atoms with Gasteiger partial charge in [0.15, 0.2) is 18.2 Å². The van der Waals surface area contributed by atoms with Gasteiger partial charge in [-0.3, -0.25) is 0 Å². The second kappa shape index (κ2) is 2.84. The van der Waals surface area contributed by atoms with Gasteiger partial charge in [0.1, 0.15) is 12.2 Å². The summed E-state index contributed by atoms with van der Waals surface area (Å²) >= 11 is 1.73. The molecule has 0 aromatic rings. The lowest BCUT2D eigenvalue weighted by atomic mass is 10.1. The molecule has 5 heteroatoms. The van der Waals surface area contributed by atoms with Gasteiger partial charge < -0.3 is 14.2 Å². The zero-order chi connectivity index (χ0) is 9.92. The quantitative estimate of drug-likeness (QED) is 0.623. The van der Waals surface area contributed by atoms with Gasteiger partial charge in [-0.05, 0) is 13.8 Å². The molecule has 0 aromatic heterocycles. The average molecular weight is 220 g/mol. The van der Waals surface area contributed by atoms with Gasteiger partial charge in [-0.15, -0.1) is 0 Å². The van der Waals surface area contributed by atoms with Crippen LogP contribution >= 0.6 is 11.8 Å². The summed E-state index contributed by atoms with van der Waals surface area (Å²) in [7, 11) is 0. The molecule has 0 radical (unpaired) electrons. The van der Waals surface area contributed by atoms with Crippen molar-refractivity contribution in [3.05, 3.63) is 0 Å². The smallest absolute Gasteiger partial charge is 0.190 e. The molecule has 3 nitrogen and oxygen atoms in total. The predicted octanol–water partition coefficient (Wildman–Crippen LogP) is 1.32. The topological polar surface area (TPSA) is 27.7 Å². The molecule has 3 fully saturated rings. The van der Waals surface area contributed by atoms with Gasteiger partial charge in [-0.1, -0.05) is 0 Å². The summed E-state index contributed by atoms with van der Waals surface area (Å²) in [5, 5.41) is 0.311. The van der Waals surface area contributed by atoms with E-state index in [1.807, 2.05) is 0 Å². The molecule has 14 heavy (non-hydrogen) atoms. The van der Waals surface area contributed by atoms with Crippen LogP contribution in [0, 0.1) is 0 Å². The van der Waals surface area contributed by atoms with Crippen molar-refractivity contribution in [1.29, 1.82) is 0 Å². The van der Waals surface area contributed by atoms with E-state index >= 15 is 0 Å². The number of halogens is 1. The maximum Gasteiger partial charge on any atom is 0.190 e. The van der Waals surface area contributed by atoms with Crippen molar-refractivity contribution < 1.29 is 18.6 Å². The fraction of sp³-hybridized carbons (Fsp3) is 1.00. The molecule has 0 amide bonds. The lowest BCUT2D eigenvalue weighted by molar-refractivity contribution is -0.209. The summed E-state index contributed by atoms with van der Waals surface area (Å²) in [5.41, 5.74) is 0. The lowest BCUT2D eigenvalue weighted by Crippen LogP contribution is -2.33. The minimum absolute atomic E-state index is 0.311. The molecule has 3 rings (SSSR count). The Morgan fingerprint density at radius 1 is 1.29 bits per heavy atom. The Labute approximate surface area is 86.3 Å². The Hall–Kier alpha value is 0.160. The second-order valence-corrected chi connectivity index (χ2v) is 5.66. The van der Waals surface area contributed by atoms with E-state index in [-0.39, 0.29) is 6.10 Å². The first-order chi connectivity index (χ1) is 6.57. The van der Waals surface area contributed by atoms with Crippen LogP contribution in [0.15, 0.2) is 0 Å². The van der Waals surface area contributed by atoms with Gasteiger partial charge in [0.25, 0.3) is 0 Å². The summed E-state index contributed by atoms with van der Waals surface area (Å²) in [5.74, 6) is 0.287. The average Bonchev–Trinajstić information content (AvgIpc) is 2.81. The van der Waals surface area contributed by atoms with E-state index in [0.29, 0.717) is 5.25 Å². The predicted molar refractivity (Wildman–Crippen MR) is 49.8 cm³/mol. The molecule has 0 saturated carbocycles. The minimum Gasteiger partial charge on any atom is -0.342 e. The summed E-state index contributed by atoms with van der Waals surface area (Å²) < 4.78 is 30.3. The lowest BCUT2D eigenvalue weighted by Gasteiger charge is -2.21. The van der Waals surface area contributed by atoms with Crippen LogP contribution in [0.2, 0.25) is 0 Å². The molecule has 0 spiro atoms. The van der Waals surface area contributed by atoms with Crippen LogP contribution in [0.4, 0.5) is 4.39 Å². The number of hydrogen-bond acceptors (Lipinski definition) is 4. The van der Waals surface area contributed by atoms with Crippen LogP contribution in [0.3, 0.4) is 0 Å². The second-order valence-electron chi connectivity index (χ2n) is 4.39. The van der Waals surface area contributed by atoms with Crippen molar-refractivity contribution in [2.24, 2.45) is 0 Å². The van der Waals surface area contributed by atoms with E-state index in [1.165, 1.54) is 0 Å². The van der Waals surface area contributed by atoms with Crippen LogP contribution < -0.4 is 0 Å². The van der Waals surface area contributed by atoms with Crippen LogP contribution in [0.25, 0.3) is 0 Å². The number of ether oxygens (including phenoxy) is 3. The fourth-order valence-corrected chi connectivity index (χ4v) is 2.74. The molecule has 0 N–H and O–H groups in total. The van der Waals surface area contributed by atoms with Crippen LogP contribution in [-0.4, -0.2) is 41.5 Å². The van der Waals surface area contributed by atoms with Crippen molar-refractivity contribution in [2.75, 3.05) is 5.75 Å². The van der Waals surface area contributed by atoms with Gasteiger partial charge in [0.2, 0.25) is 0 Å². The Bertz CT molecular complexity index is 254. The van der Waals surface area contributed by atoms with Gasteiger partial charge in [-0.2, -0.15) is 11.8 Å². The first-order valence-electron chi connectivity index (χ1n) is 4.84. The molecule has 3 saturated heterocycles. The highest BCUT2D eigenvalue weighted by Crippen LogP contribution is 2.46. The molecule has 3 aliphatic rings. The van der Waals surface area contributed by atoms with E-state index in [4.69, 9.17) is 14.2 Å². The van der Waals surface area contributed by atoms with Crippen LogP contribution in [-0.2, 0) is 14.2 Å². The number of fused-ring (bicyclic) bond motifs is 1. The van der Waals surface area contributed by atoms with Crippen molar-refractivity contribution >= 4 is 11.8 Å². The number of thioether (sulfide) groups is 1. The van der Waals surface area contributed by atoms with Crippen molar-refractivity contribution in [3.63, 3.8) is 0 Å². The minimum atomic E-state index is -1.04. The molecule has 5 atom stereocenters. The van der Waals surface area contributed by atoms with Gasteiger partial charge >= 0.3 is 0 Å². The standard InChI is InChI=1S/C9H13FO3S/c1-9(2)12-7-5(10)6(4-3-14-4)11-8(7)13-9/h4-8H,3H2,1-2H3/t4-,5+,6-,7-,8-/m1/s1. The van der Waals surface area contributed by atoms with Crippen LogP contribution in [0.5, 0.6) is 0 Å². The summed E-state index contributed by atoms with van der Waals surface area (Å²) in [6.07, 6.45) is -2.41. The van der Waals surface area contributed by atoms with E-state index < -0.39 is 24.4 Å². The largest absolute Gasteiger partial charge is 0.342 e. The summed E-state index contributed by atoms with van der Waals surface area (Å²) in [6, 6.07) is 0. The maximum absolute atomic E-state index is 13.8. The Kier molecular flexibility index (Phi) is 1.91. The first-order valence-corrected chi connectivity index (χ1v) is 5.88. The molecule has 0 unspecified atom stereocenters. The molecule has 0 bridgehead atoms. The highest BCUT2D eigenvalue weighted by Gasteiger charge is 2.58. The Morgan fingerprint density at radius 3 is 2.57 bits per heavy atom. The number of hydrogen-bond donors (Lipinski definition) is 0. The number of alkyl halides is 1. The van der Waals surface area contributed by atoms with E-state index in [9.17, 15) is 4.39 Å². The molecule has 3 heterocycles. The van der Waals surface area contributed by atoms with Gasteiger partial charge in [0, 0.05) is 11.0 Å². The molecule has 80 valence electrons. The molecular formula is C9H13FO3S. The monoisotopic (exact) mass is 220 g/mol. The third-order valence-electron chi connectivity index (χ3n) is 2.73. The Morgan fingerprint density at radius 2 is 2.00 bits per heavy atom. The molecule has 0 aliphatic carbocycles. The molecular weight excluding hydrogens is 207 g/mol. The van der Waals surface area contributed by atoms with Gasteiger partial charge in [0.05, 0.1) is 0 Å². The highest BCUT2D eigenvalue weighted by molar-refractivity contribution is 8.06. The molecule has 0 aromatic carbocycles. The van der Waals surface area contributed by atoms with Crippen molar-refractivity contribution in [2.45, 2.75) is 49.6 Å². The number of rotatable bonds is 1. The summed E-state index contributed by atoms with van der Waals surface area (Å²) in [6.45, 7) is 3.56. The zero-order valence-corrected chi connectivity index (χ0v) is 8.92. The maximum atomic E-state index is 13.8. The zero-order valence-electron chi connectivity index (χ0n) is 8.10. The van der Waals surface area contributed by atoms with Crippen molar-refractivity contribution in [1.82, 2.24) is 0 Å². The fourth-order valence-electron chi connectivity index (χ4n) is 2.03.